The van der Waals surface area contributed by atoms with Gasteiger partial charge < -0.3 is 5.32 Å². The Morgan fingerprint density at radius 1 is 1.07 bits per heavy atom. The second-order valence-electron chi connectivity index (χ2n) is 5.75. The zero-order valence-electron chi connectivity index (χ0n) is 14.9. The van der Waals surface area contributed by atoms with Gasteiger partial charge in [-0.25, -0.2) is 0 Å². The van der Waals surface area contributed by atoms with E-state index >= 15 is 0 Å². The second kappa shape index (κ2) is 9.45. The first kappa shape index (κ1) is 22.1. The SMILES string of the molecule is O=C(CSc1nnc(NC(=O)c2cccc(C(F)(F)F)c2)s1)Nc1ccc(Cl)cc1. The molecular formula is C18H12ClF3N4O2S2. The zero-order valence-corrected chi connectivity index (χ0v) is 17.3. The predicted molar refractivity (Wildman–Crippen MR) is 110 cm³/mol. The van der Waals surface area contributed by atoms with E-state index in [2.05, 4.69) is 20.8 Å². The van der Waals surface area contributed by atoms with E-state index in [-0.39, 0.29) is 22.4 Å². The first-order valence-electron chi connectivity index (χ1n) is 8.21. The Labute approximate surface area is 181 Å². The summed E-state index contributed by atoms with van der Waals surface area (Å²) in [4.78, 5) is 24.2. The van der Waals surface area contributed by atoms with Crippen LogP contribution in [0.25, 0.3) is 0 Å². The third kappa shape index (κ3) is 6.18. The van der Waals surface area contributed by atoms with Crippen LogP contribution in [0.1, 0.15) is 15.9 Å². The number of hydrogen-bond donors (Lipinski definition) is 2. The van der Waals surface area contributed by atoms with E-state index in [1.165, 1.54) is 6.07 Å². The van der Waals surface area contributed by atoms with Crippen molar-refractivity contribution in [3.05, 3.63) is 64.7 Å². The zero-order chi connectivity index (χ0) is 21.7. The molecule has 0 radical (unpaired) electrons. The molecule has 0 bridgehead atoms. The maximum absolute atomic E-state index is 12.8. The highest BCUT2D eigenvalue weighted by Crippen LogP contribution is 2.30. The van der Waals surface area contributed by atoms with Gasteiger partial charge in [0.15, 0.2) is 4.34 Å². The van der Waals surface area contributed by atoms with Crippen LogP contribution in [0.5, 0.6) is 0 Å². The van der Waals surface area contributed by atoms with Gasteiger partial charge in [-0.15, -0.1) is 10.2 Å². The van der Waals surface area contributed by atoms with E-state index in [1.807, 2.05) is 0 Å². The van der Waals surface area contributed by atoms with E-state index in [4.69, 9.17) is 11.6 Å². The van der Waals surface area contributed by atoms with Crippen molar-refractivity contribution in [3.8, 4) is 0 Å². The highest BCUT2D eigenvalue weighted by molar-refractivity contribution is 8.01. The smallest absolute Gasteiger partial charge is 0.325 e. The minimum absolute atomic E-state index is 0.0544. The summed E-state index contributed by atoms with van der Waals surface area (Å²) in [5.41, 5.74) is -0.483. The number of aromatic nitrogens is 2. The normalized spacial score (nSPS) is 11.2. The predicted octanol–water partition coefficient (Wildman–Crippen LogP) is 5.19. The molecule has 2 amide bonds. The molecule has 0 fully saturated rings. The maximum Gasteiger partial charge on any atom is 0.416 e. The highest BCUT2D eigenvalue weighted by atomic mass is 35.5. The van der Waals surface area contributed by atoms with Gasteiger partial charge in [0.25, 0.3) is 5.91 Å². The molecule has 12 heteroatoms. The molecule has 0 atom stereocenters. The molecule has 0 aliphatic carbocycles. The topological polar surface area (TPSA) is 84.0 Å². The van der Waals surface area contributed by atoms with Crippen molar-refractivity contribution in [3.63, 3.8) is 0 Å². The average Bonchev–Trinajstić information content (AvgIpc) is 3.15. The van der Waals surface area contributed by atoms with Crippen LogP contribution in [0.4, 0.5) is 24.0 Å². The number of hydrogen-bond acceptors (Lipinski definition) is 6. The number of anilines is 2. The van der Waals surface area contributed by atoms with Gasteiger partial charge >= 0.3 is 6.18 Å². The Bertz CT molecular complexity index is 1060. The third-order valence-electron chi connectivity index (χ3n) is 3.53. The average molecular weight is 473 g/mol. The number of thioether (sulfide) groups is 1. The molecule has 1 aromatic heterocycles. The number of benzene rings is 2. The Balaban J connectivity index is 1.54. The summed E-state index contributed by atoms with van der Waals surface area (Å²) in [5.74, 6) is -0.958. The van der Waals surface area contributed by atoms with E-state index in [9.17, 15) is 22.8 Å². The van der Waals surface area contributed by atoms with Crippen LogP contribution in [-0.2, 0) is 11.0 Å². The number of alkyl halides is 3. The summed E-state index contributed by atoms with van der Waals surface area (Å²) >= 11 is 7.90. The van der Waals surface area contributed by atoms with Gasteiger partial charge in [-0.05, 0) is 42.5 Å². The van der Waals surface area contributed by atoms with Gasteiger partial charge in [-0.2, -0.15) is 13.2 Å². The van der Waals surface area contributed by atoms with Crippen LogP contribution in [0.3, 0.4) is 0 Å². The van der Waals surface area contributed by atoms with Gasteiger partial charge in [0.1, 0.15) is 0 Å². The molecule has 0 aliphatic rings. The monoisotopic (exact) mass is 472 g/mol. The summed E-state index contributed by atoms with van der Waals surface area (Å²) < 4.78 is 38.7. The molecule has 0 unspecified atom stereocenters. The van der Waals surface area contributed by atoms with Gasteiger partial charge in [0.05, 0.1) is 11.3 Å². The number of carbonyl (C=O) groups excluding carboxylic acids is 2. The van der Waals surface area contributed by atoms with Crippen molar-refractivity contribution >= 4 is 57.3 Å². The molecule has 0 aliphatic heterocycles. The fraction of sp³-hybridized carbons (Fsp3) is 0.111. The van der Waals surface area contributed by atoms with Crippen LogP contribution in [-0.4, -0.2) is 27.8 Å². The van der Waals surface area contributed by atoms with Gasteiger partial charge in [-0.3, -0.25) is 14.9 Å². The second-order valence-corrected chi connectivity index (χ2v) is 8.39. The molecule has 2 aromatic carbocycles. The van der Waals surface area contributed by atoms with Crippen LogP contribution >= 0.6 is 34.7 Å². The maximum atomic E-state index is 12.8. The largest absolute Gasteiger partial charge is 0.416 e. The lowest BCUT2D eigenvalue weighted by atomic mass is 10.1. The molecule has 1 heterocycles. The van der Waals surface area contributed by atoms with E-state index in [1.54, 1.807) is 24.3 Å². The standard InChI is InChI=1S/C18H12ClF3N4O2S2/c19-12-4-6-13(7-5-12)23-14(27)9-29-17-26-25-16(30-17)24-15(28)10-2-1-3-11(8-10)18(20,21)22/h1-8H,9H2,(H,23,27)(H,24,25,28). The number of halogens is 4. The van der Waals surface area contributed by atoms with Crippen LogP contribution < -0.4 is 10.6 Å². The minimum atomic E-state index is -4.55. The van der Waals surface area contributed by atoms with Crippen molar-refractivity contribution in [1.82, 2.24) is 10.2 Å². The Kier molecular flexibility index (Phi) is 6.95. The molecule has 30 heavy (non-hydrogen) atoms. The fourth-order valence-electron chi connectivity index (χ4n) is 2.18. The molecule has 0 saturated carbocycles. The summed E-state index contributed by atoms with van der Waals surface area (Å²) in [6, 6.07) is 10.7. The molecule has 156 valence electrons. The first-order valence-corrected chi connectivity index (χ1v) is 10.4. The van der Waals surface area contributed by atoms with E-state index in [0.29, 0.717) is 15.0 Å². The summed E-state index contributed by atoms with van der Waals surface area (Å²) in [6.45, 7) is 0. The van der Waals surface area contributed by atoms with Crippen molar-refractivity contribution < 1.29 is 22.8 Å². The third-order valence-corrected chi connectivity index (χ3v) is 5.76. The summed E-state index contributed by atoms with van der Waals surface area (Å²) in [5, 5.41) is 13.4. The van der Waals surface area contributed by atoms with E-state index in [0.717, 1.165) is 41.3 Å². The van der Waals surface area contributed by atoms with Crippen LogP contribution in [0, 0.1) is 0 Å². The Hall–Kier alpha value is -2.63. The number of nitrogens with one attached hydrogen (secondary N) is 2. The minimum Gasteiger partial charge on any atom is -0.325 e. The van der Waals surface area contributed by atoms with Crippen molar-refractivity contribution in [2.24, 2.45) is 0 Å². The summed E-state index contributed by atoms with van der Waals surface area (Å²) in [7, 11) is 0. The Morgan fingerprint density at radius 2 is 1.80 bits per heavy atom. The van der Waals surface area contributed by atoms with Crippen molar-refractivity contribution in [2.75, 3.05) is 16.4 Å². The lowest BCUT2D eigenvalue weighted by Crippen LogP contribution is -2.13. The molecule has 0 saturated heterocycles. The van der Waals surface area contributed by atoms with Crippen molar-refractivity contribution in [1.29, 1.82) is 0 Å². The van der Waals surface area contributed by atoms with Crippen LogP contribution in [0.15, 0.2) is 52.9 Å². The quantitative estimate of drug-likeness (QED) is 0.381. The number of amides is 2. The van der Waals surface area contributed by atoms with Crippen LogP contribution in [0.2, 0.25) is 5.02 Å². The first-order chi connectivity index (χ1) is 14.2. The molecule has 6 nitrogen and oxygen atoms in total. The van der Waals surface area contributed by atoms with E-state index < -0.39 is 17.6 Å². The molecule has 0 spiro atoms. The molecule has 3 rings (SSSR count). The van der Waals surface area contributed by atoms with Gasteiger partial charge in [0.2, 0.25) is 11.0 Å². The molecular weight excluding hydrogens is 461 g/mol. The molecule has 2 N–H and O–H groups in total. The fourth-order valence-corrected chi connectivity index (χ4v) is 3.86. The lowest BCUT2D eigenvalue weighted by molar-refractivity contribution is -0.137. The van der Waals surface area contributed by atoms with Gasteiger partial charge in [0, 0.05) is 16.3 Å². The lowest BCUT2D eigenvalue weighted by Gasteiger charge is -2.08. The Morgan fingerprint density at radius 3 is 2.50 bits per heavy atom. The number of nitrogens with zero attached hydrogens (tertiary/aromatic N) is 2. The van der Waals surface area contributed by atoms with Crippen molar-refractivity contribution in [2.45, 2.75) is 10.5 Å². The highest BCUT2D eigenvalue weighted by Gasteiger charge is 2.31. The molecule has 3 aromatic rings. The van der Waals surface area contributed by atoms with Gasteiger partial charge in [-0.1, -0.05) is 40.8 Å². The summed E-state index contributed by atoms with van der Waals surface area (Å²) in [6.07, 6.45) is -4.55. The number of carbonyl (C=O) groups is 2. The number of rotatable bonds is 6.